The van der Waals surface area contributed by atoms with Crippen molar-refractivity contribution in [3.63, 3.8) is 0 Å². The first-order valence-electron chi connectivity index (χ1n) is 8.59. The minimum Gasteiger partial charge on any atom is -0.357 e. The zero-order valence-electron chi connectivity index (χ0n) is 15.6. The summed E-state index contributed by atoms with van der Waals surface area (Å²) in [5.74, 6) is 0.969. The number of aliphatic imine (C=N–C) groups is 1. The van der Waals surface area contributed by atoms with E-state index in [0.29, 0.717) is 6.04 Å². The Balaban J connectivity index is 2.02. The molecule has 0 radical (unpaired) electrons. The molecule has 1 saturated heterocycles. The monoisotopic (exact) mass is 398 g/mol. The topological polar surface area (TPSA) is 39.0 Å². The van der Waals surface area contributed by atoms with Crippen LogP contribution in [0, 0.1) is 0 Å². The second kappa shape index (κ2) is 8.87. The first-order chi connectivity index (χ1) is 11.4. The summed E-state index contributed by atoms with van der Waals surface area (Å²) in [6.07, 6.45) is 2.08. The highest BCUT2D eigenvalue weighted by molar-refractivity contribution is 9.10. The molecule has 2 heterocycles. The van der Waals surface area contributed by atoms with Crippen molar-refractivity contribution >= 4 is 21.9 Å². The molecular formula is C17H31BrN6. The molecule has 2 rings (SSSR count). The molecule has 1 aromatic heterocycles. The van der Waals surface area contributed by atoms with Gasteiger partial charge in [-0.25, -0.2) is 0 Å². The largest absolute Gasteiger partial charge is 0.357 e. The highest BCUT2D eigenvalue weighted by Crippen LogP contribution is 2.15. The Labute approximate surface area is 154 Å². The standard InChI is InChI=1S/C17H31BrN6/c1-6-19-17(20-10-16-12-21(2)7-8-22(16)3)24(5)13-15-9-14(18)11-23(15)4/h9,11,16H,6-8,10,12-13H2,1-5H3,(H,19,20). The first-order valence-corrected chi connectivity index (χ1v) is 9.39. The fraction of sp³-hybridized carbons (Fsp3) is 0.706. The second-order valence-electron chi connectivity index (χ2n) is 6.71. The number of nitrogens with one attached hydrogen (secondary N) is 1. The van der Waals surface area contributed by atoms with Crippen LogP contribution >= 0.6 is 15.9 Å². The van der Waals surface area contributed by atoms with Crippen molar-refractivity contribution in [1.82, 2.24) is 24.6 Å². The van der Waals surface area contributed by atoms with Crippen LogP contribution in [0.2, 0.25) is 0 Å². The summed E-state index contributed by atoms with van der Waals surface area (Å²) in [5.41, 5.74) is 1.25. The highest BCUT2D eigenvalue weighted by atomic mass is 79.9. The van der Waals surface area contributed by atoms with Crippen LogP contribution in [0.1, 0.15) is 12.6 Å². The van der Waals surface area contributed by atoms with Crippen molar-refractivity contribution in [2.75, 3.05) is 53.9 Å². The van der Waals surface area contributed by atoms with Crippen molar-refractivity contribution in [3.05, 3.63) is 22.4 Å². The minimum absolute atomic E-state index is 0.481. The molecule has 1 aromatic rings. The van der Waals surface area contributed by atoms with Crippen molar-refractivity contribution in [1.29, 1.82) is 0 Å². The van der Waals surface area contributed by atoms with Gasteiger partial charge in [0.05, 0.1) is 13.1 Å². The molecule has 0 aromatic carbocycles. The maximum Gasteiger partial charge on any atom is 0.194 e. The van der Waals surface area contributed by atoms with Crippen molar-refractivity contribution in [3.8, 4) is 0 Å². The first kappa shape index (κ1) is 19.3. The van der Waals surface area contributed by atoms with Crippen LogP contribution in [0.5, 0.6) is 0 Å². The average molecular weight is 399 g/mol. The SMILES string of the molecule is CCNC(=NCC1CN(C)CCN1C)N(C)Cc1cc(Br)cn1C. The number of piperazine rings is 1. The number of rotatable bonds is 5. The summed E-state index contributed by atoms with van der Waals surface area (Å²) in [5, 5.41) is 3.42. The molecular weight excluding hydrogens is 368 g/mol. The molecule has 1 N–H and O–H groups in total. The van der Waals surface area contributed by atoms with E-state index in [1.54, 1.807) is 0 Å². The van der Waals surface area contributed by atoms with E-state index >= 15 is 0 Å². The Morgan fingerprint density at radius 2 is 2.12 bits per heavy atom. The van der Waals surface area contributed by atoms with Crippen LogP contribution in [0.4, 0.5) is 0 Å². The molecule has 0 bridgehead atoms. The van der Waals surface area contributed by atoms with Gasteiger partial charge in [-0.1, -0.05) is 0 Å². The normalized spacial score (nSPS) is 20.4. The highest BCUT2D eigenvalue weighted by Gasteiger charge is 2.22. The summed E-state index contributed by atoms with van der Waals surface area (Å²) < 4.78 is 3.26. The van der Waals surface area contributed by atoms with Gasteiger partial charge in [-0.15, -0.1) is 0 Å². The fourth-order valence-corrected chi connectivity index (χ4v) is 3.57. The Morgan fingerprint density at radius 3 is 2.75 bits per heavy atom. The number of aryl methyl sites for hydroxylation is 1. The van der Waals surface area contributed by atoms with Crippen LogP contribution < -0.4 is 5.32 Å². The van der Waals surface area contributed by atoms with E-state index in [-0.39, 0.29) is 0 Å². The molecule has 24 heavy (non-hydrogen) atoms. The average Bonchev–Trinajstić information content (AvgIpc) is 2.84. The van der Waals surface area contributed by atoms with E-state index in [1.165, 1.54) is 5.69 Å². The Hall–Kier alpha value is -1.05. The molecule has 0 spiro atoms. The zero-order chi connectivity index (χ0) is 17.7. The number of halogens is 1. The van der Waals surface area contributed by atoms with Gasteiger partial charge in [0.15, 0.2) is 5.96 Å². The molecule has 1 fully saturated rings. The maximum atomic E-state index is 4.90. The predicted molar refractivity (Wildman–Crippen MR) is 104 cm³/mol. The lowest BCUT2D eigenvalue weighted by Crippen LogP contribution is -2.51. The third-order valence-electron chi connectivity index (χ3n) is 4.60. The van der Waals surface area contributed by atoms with Gasteiger partial charge in [0, 0.05) is 62.7 Å². The lowest BCUT2D eigenvalue weighted by molar-refractivity contribution is 0.119. The third kappa shape index (κ3) is 5.22. The molecule has 1 atom stereocenters. The van der Waals surface area contributed by atoms with Crippen LogP contribution in [0.25, 0.3) is 0 Å². The molecule has 1 aliphatic heterocycles. The summed E-state index contributed by atoms with van der Waals surface area (Å²) in [7, 11) is 8.56. The Bertz CT molecular complexity index is 555. The van der Waals surface area contributed by atoms with Crippen LogP contribution in [-0.4, -0.2) is 85.1 Å². The van der Waals surface area contributed by atoms with Crippen LogP contribution in [0.15, 0.2) is 21.7 Å². The van der Waals surface area contributed by atoms with Crippen LogP contribution in [-0.2, 0) is 13.6 Å². The van der Waals surface area contributed by atoms with Crippen molar-refractivity contribution in [2.45, 2.75) is 19.5 Å². The van der Waals surface area contributed by atoms with Gasteiger partial charge in [0.1, 0.15) is 0 Å². The predicted octanol–water partition coefficient (Wildman–Crippen LogP) is 1.43. The van der Waals surface area contributed by atoms with Crippen molar-refractivity contribution < 1.29 is 0 Å². The maximum absolute atomic E-state index is 4.90. The molecule has 7 heteroatoms. The van der Waals surface area contributed by atoms with Gasteiger partial charge in [0.2, 0.25) is 0 Å². The van der Waals surface area contributed by atoms with E-state index < -0.39 is 0 Å². The quantitative estimate of drug-likeness (QED) is 0.601. The Morgan fingerprint density at radius 1 is 1.38 bits per heavy atom. The molecule has 1 aliphatic rings. The van der Waals surface area contributed by atoms with E-state index in [9.17, 15) is 0 Å². The number of hydrogen-bond acceptors (Lipinski definition) is 3. The fourth-order valence-electron chi connectivity index (χ4n) is 3.00. The number of aromatic nitrogens is 1. The smallest absolute Gasteiger partial charge is 0.194 e. The van der Waals surface area contributed by atoms with Gasteiger partial charge in [0.25, 0.3) is 0 Å². The lowest BCUT2D eigenvalue weighted by Gasteiger charge is -2.37. The molecule has 1 unspecified atom stereocenters. The van der Waals surface area contributed by atoms with Gasteiger partial charge in [-0.3, -0.25) is 9.89 Å². The van der Waals surface area contributed by atoms with Gasteiger partial charge >= 0.3 is 0 Å². The number of hydrogen-bond donors (Lipinski definition) is 1. The van der Waals surface area contributed by atoms with Gasteiger partial charge in [-0.05, 0) is 43.0 Å². The Kier molecular flexibility index (Phi) is 7.13. The zero-order valence-corrected chi connectivity index (χ0v) is 17.2. The van der Waals surface area contributed by atoms with Crippen molar-refractivity contribution in [2.24, 2.45) is 12.0 Å². The van der Waals surface area contributed by atoms with E-state index in [4.69, 9.17) is 4.99 Å². The van der Waals surface area contributed by atoms with Gasteiger partial charge in [-0.2, -0.15) is 0 Å². The van der Waals surface area contributed by atoms with Crippen LogP contribution in [0.3, 0.4) is 0 Å². The van der Waals surface area contributed by atoms with E-state index in [2.05, 4.69) is 87.9 Å². The number of nitrogens with zero attached hydrogens (tertiary/aromatic N) is 5. The number of likely N-dealkylation sites (N-methyl/N-ethyl adjacent to an activating group) is 2. The summed E-state index contributed by atoms with van der Waals surface area (Å²) >= 11 is 3.54. The van der Waals surface area contributed by atoms with E-state index in [1.807, 2.05) is 0 Å². The lowest BCUT2D eigenvalue weighted by atomic mass is 10.2. The van der Waals surface area contributed by atoms with E-state index in [0.717, 1.165) is 49.7 Å². The molecule has 136 valence electrons. The molecule has 6 nitrogen and oxygen atoms in total. The summed E-state index contributed by atoms with van der Waals surface area (Å²) in [6.45, 7) is 7.97. The van der Waals surface area contributed by atoms with Gasteiger partial charge < -0.3 is 19.7 Å². The summed E-state index contributed by atoms with van der Waals surface area (Å²) in [4.78, 5) is 11.9. The second-order valence-corrected chi connectivity index (χ2v) is 7.62. The summed E-state index contributed by atoms with van der Waals surface area (Å²) in [6, 6.07) is 2.64. The molecule has 0 aliphatic carbocycles. The molecule has 0 amide bonds. The number of guanidine groups is 1. The third-order valence-corrected chi connectivity index (χ3v) is 5.04. The molecule has 0 saturated carbocycles. The minimum atomic E-state index is 0.481.